The van der Waals surface area contributed by atoms with E-state index in [1.165, 1.54) is 79.4 Å². The normalized spacial score (nSPS) is 23.2. The first-order chi connectivity index (χ1) is 31.7. The first-order valence-electron chi connectivity index (χ1n) is 24.0. The molecule has 3 saturated carbocycles. The molecule has 2 aromatic heterocycles. The molecule has 6 aromatic rings. The number of furan rings is 2. The van der Waals surface area contributed by atoms with Gasteiger partial charge in [0.05, 0.1) is 23.2 Å². The minimum absolute atomic E-state index is 0.00819. The van der Waals surface area contributed by atoms with Crippen LogP contribution in [0.2, 0.25) is 0 Å². The Morgan fingerprint density at radius 3 is 1.68 bits per heavy atom. The number of ketones is 1. The summed E-state index contributed by atoms with van der Waals surface area (Å²) in [5.41, 5.74) is 4.37. The number of para-hydroxylation sites is 3. The van der Waals surface area contributed by atoms with Gasteiger partial charge in [-0.15, -0.1) is 0 Å². The number of aliphatic hydroxyl groups excluding tert-OH is 1. The van der Waals surface area contributed by atoms with Crippen LogP contribution < -0.4 is 9.47 Å². The van der Waals surface area contributed by atoms with Gasteiger partial charge in [-0.05, 0) is 132 Å². The summed E-state index contributed by atoms with van der Waals surface area (Å²) in [7, 11) is 1.63. The number of aliphatic hydroxyl groups is 1. The highest BCUT2D eigenvalue weighted by molar-refractivity contribution is 8.13. The fraction of sp³-hybridized carbons (Fsp3) is 0.463. The molecule has 65 heavy (non-hydrogen) atoms. The van der Waals surface area contributed by atoms with Crippen LogP contribution in [0.15, 0.2) is 117 Å². The molecule has 1 saturated heterocycles. The van der Waals surface area contributed by atoms with Crippen molar-refractivity contribution in [1.82, 2.24) is 0 Å². The summed E-state index contributed by atoms with van der Waals surface area (Å²) in [6, 6.07) is 32.5. The second-order valence-electron chi connectivity index (χ2n) is 18.0. The van der Waals surface area contributed by atoms with Gasteiger partial charge in [0, 0.05) is 57.9 Å². The lowest BCUT2D eigenvalue weighted by molar-refractivity contribution is -0.127. The fourth-order valence-electron chi connectivity index (χ4n) is 9.61. The van der Waals surface area contributed by atoms with Crippen LogP contribution in [0.4, 0.5) is 0 Å². The maximum absolute atomic E-state index is 11.5. The zero-order chi connectivity index (χ0) is 45.0. The lowest BCUT2D eigenvalue weighted by Gasteiger charge is -2.28. The molecule has 0 bridgehead atoms. The number of carbonyl (C=O) groups excluding carboxylic acids is 1. The second kappa shape index (κ2) is 22.7. The predicted molar refractivity (Wildman–Crippen MR) is 256 cm³/mol. The molecule has 12 rings (SSSR count). The lowest BCUT2D eigenvalue weighted by atomic mass is 9.95. The van der Waals surface area contributed by atoms with Crippen molar-refractivity contribution in [1.29, 1.82) is 0 Å². The molecule has 0 amide bonds. The van der Waals surface area contributed by atoms with Crippen LogP contribution in [0.1, 0.15) is 125 Å². The van der Waals surface area contributed by atoms with Crippen LogP contribution in [-0.2, 0) is 44.3 Å². The monoisotopic (exact) mass is 922 g/mol. The molecular weight excluding hydrogens is 860 g/mol. The number of hydrogen-bond acceptors (Lipinski definition) is 9. The van der Waals surface area contributed by atoms with Crippen LogP contribution in [-0.4, -0.2) is 49.8 Å². The van der Waals surface area contributed by atoms with Crippen LogP contribution in [0.25, 0.3) is 21.9 Å². The molecule has 11 heteroatoms. The maximum Gasteiger partial charge on any atom is 0.261 e. The van der Waals surface area contributed by atoms with Crippen molar-refractivity contribution in [2.24, 2.45) is 0 Å². The van der Waals surface area contributed by atoms with Gasteiger partial charge in [0.25, 0.3) is 9.05 Å². The topological polar surface area (TPSA) is 129 Å². The number of benzene rings is 4. The minimum atomic E-state index is -3.68. The molecule has 9 nitrogen and oxygen atoms in total. The third kappa shape index (κ3) is 13.1. The first kappa shape index (κ1) is 46.9. The van der Waals surface area contributed by atoms with E-state index < -0.39 is 9.05 Å². The number of epoxide rings is 1. The van der Waals surface area contributed by atoms with Crippen molar-refractivity contribution in [3.8, 4) is 11.5 Å². The zero-order valence-corrected chi connectivity index (χ0v) is 38.9. The van der Waals surface area contributed by atoms with Crippen molar-refractivity contribution in [3.63, 3.8) is 0 Å². The molecule has 4 fully saturated rings. The van der Waals surface area contributed by atoms with Gasteiger partial charge in [0.1, 0.15) is 40.3 Å². The molecule has 5 aliphatic carbocycles. The average Bonchev–Trinajstić information content (AvgIpc) is 3.90. The molecule has 1 N–H and O–H groups in total. The quantitative estimate of drug-likeness (QED) is 0.133. The standard InChI is InChI=1S/C12H11ClO3S.C12H16O2.C12H14O2.C12H12O.C6H10O/c13-17(14,15)8-5-6-10-9-3-1-2-4-11(9)16-12(10)7-8;2*13-11-8-4-5-9-12(11)14-10-6-2-1-3-7-10;1-3-7-11-9(5-1)10-6-2-4-8-12(10)13-11;1-2-4-6-5(3-1)7-6/h5-7H,1-4H2;1-3,6-7,11-13H,4-5,8-9H2;1-3,6-7,12H,4-5,8-9H2;1,3,5,7H,2,4,6,8H2;5-6H,1-4H2/t;11-,12-;12-;;/m.11../s1. The van der Waals surface area contributed by atoms with Gasteiger partial charge in [-0.25, -0.2) is 8.42 Å². The van der Waals surface area contributed by atoms with Crippen LogP contribution in [0, 0.1) is 0 Å². The summed E-state index contributed by atoms with van der Waals surface area (Å²) >= 11 is 0. The van der Waals surface area contributed by atoms with E-state index in [9.17, 15) is 18.3 Å². The largest absolute Gasteiger partial charge is 0.488 e. The van der Waals surface area contributed by atoms with Crippen molar-refractivity contribution in [2.45, 2.75) is 164 Å². The summed E-state index contributed by atoms with van der Waals surface area (Å²) in [4.78, 5) is 11.6. The summed E-state index contributed by atoms with van der Waals surface area (Å²) in [6.45, 7) is 0. The van der Waals surface area contributed by atoms with E-state index in [1.54, 1.807) is 6.07 Å². The Morgan fingerprint density at radius 1 is 0.538 bits per heavy atom. The number of Topliss-reactive ketones (excluding diaryl/α,β-unsaturated/α-hetero) is 1. The molecule has 5 atom stereocenters. The fourth-order valence-corrected chi connectivity index (χ4v) is 10.4. The van der Waals surface area contributed by atoms with E-state index in [0.717, 1.165) is 105 Å². The second-order valence-corrected chi connectivity index (χ2v) is 20.5. The molecule has 346 valence electrons. The summed E-state index contributed by atoms with van der Waals surface area (Å²) < 4.78 is 50.6. The Hall–Kier alpha value is -4.61. The van der Waals surface area contributed by atoms with Gasteiger partial charge in [-0.1, -0.05) is 73.9 Å². The number of fused-ring (bicyclic) bond motifs is 7. The Balaban J connectivity index is 0.000000113. The van der Waals surface area contributed by atoms with E-state index in [-0.39, 0.29) is 29.0 Å². The van der Waals surface area contributed by atoms with Gasteiger partial charge >= 0.3 is 0 Å². The van der Waals surface area contributed by atoms with Gasteiger partial charge < -0.3 is 28.2 Å². The van der Waals surface area contributed by atoms with Crippen molar-refractivity contribution in [3.05, 3.63) is 126 Å². The van der Waals surface area contributed by atoms with E-state index in [2.05, 4.69) is 18.2 Å². The smallest absolute Gasteiger partial charge is 0.261 e. The number of ether oxygens (including phenoxy) is 3. The highest BCUT2D eigenvalue weighted by Crippen LogP contribution is 2.36. The highest BCUT2D eigenvalue weighted by Gasteiger charge is 2.39. The molecule has 0 radical (unpaired) electrons. The number of hydrogen-bond donors (Lipinski definition) is 1. The number of rotatable bonds is 5. The molecular formula is C54H63ClO9S. The molecule has 4 aromatic carbocycles. The Bertz CT molecular complexity index is 2540. The third-order valence-corrected chi connectivity index (χ3v) is 14.6. The van der Waals surface area contributed by atoms with Gasteiger partial charge in [-0.3, -0.25) is 4.79 Å². The summed E-state index contributed by atoms with van der Waals surface area (Å²) in [6.07, 6.45) is 23.4. The van der Waals surface area contributed by atoms with Crippen LogP contribution >= 0.6 is 10.7 Å². The van der Waals surface area contributed by atoms with Crippen molar-refractivity contribution >= 4 is 47.5 Å². The number of carbonyl (C=O) groups is 1. The van der Waals surface area contributed by atoms with Crippen LogP contribution in [0.5, 0.6) is 11.5 Å². The van der Waals surface area contributed by atoms with Crippen LogP contribution in [0.3, 0.4) is 0 Å². The van der Waals surface area contributed by atoms with Crippen molar-refractivity contribution < 1.29 is 41.4 Å². The average molecular weight is 924 g/mol. The number of aryl methyl sites for hydroxylation is 4. The number of halogens is 1. The Kier molecular flexibility index (Phi) is 16.4. The van der Waals surface area contributed by atoms with E-state index in [0.29, 0.717) is 24.2 Å². The van der Waals surface area contributed by atoms with E-state index in [1.807, 2.05) is 66.7 Å². The zero-order valence-electron chi connectivity index (χ0n) is 37.3. The van der Waals surface area contributed by atoms with E-state index in [4.69, 9.17) is 33.7 Å². The summed E-state index contributed by atoms with van der Waals surface area (Å²) in [5.74, 6) is 4.13. The minimum Gasteiger partial charge on any atom is -0.488 e. The molecule has 2 unspecified atom stereocenters. The Labute approximate surface area is 388 Å². The molecule has 1 aliphatic heterocycles. The lowest BCUT2D eigenvalue weighted by Crippen LogP contribution is -2.34. The van der Waals surface area contributed by atoms with Gasteiger partial charge in [-0.2, -0.15) is 0 Å². The van der Waals surface area contributed by atoms with Gasteiger partial charge in [0.2, 0.25) is 0 Å². The molecule has 6 aliphatic rings. The molecule has 0 spiro atoms. The predicted octanol–water partition coefficient (Wildman–Crippen LogP) is 12.8. The Morgan fingerprint density at radius 2 is 1.06 bits per heavy atom. The highest BCUT2D eigenvalue weighted by atomic mass is 35.7. The van der Waals surface area contributed by atoms with Crippen molar-refractivity contribution in [2.75, 3.05) is 0 Å². The maximum atomic E-state index is 11.5. The van der Waals surface area contributed by atoms with Gasteiger partial charge in [0.15, 0.2) is 11.9 Å². The summed E-state index contributed by atoms with van der Waals surface area (Å²) in [5, 5.41) is 12.1. The first-order valence-corrected chi connectivity index (χ1v) is 26.3. The van der Waals surface area contributed by atoms with E-state index >= 15 is 0 Å². The third-order valence-electron chi connectivity index (χ3n) is 13.2. The molecule has 3 heterocycles. The SMILES string of the molecule is C1CCC2OC2C1.O=C1CCCC[C@H]1Oc1ccccc1.O=S(=O)(Cl)c1ccc2c3c(oc2c1)CCCC3.O[C@@H]1CCCC[C@H]1Oc1ccccc1.c1ccc2c3c(oc2c1)CCCC3.